The van der Waals surface area contributed by atoms with Crippen molar-refractivity contribution in [1.82, 2.24) is 0 Å². The lowest BCUT2D eigenvalue weighted by molar-refractivity contribution is 0.301. The molecule has 23 heavy (non-hydrogen) atoms. The smallest absolute Gasteiger partial charge is 0.124 e. The van der Waals surface area contributed by atoms with Crippen LogP contribution in [0.25, 0.3) is 0 Å². The Kier molecular flexibility index (Phi) is 9.32. The molecule has 0 aliphatic carbocycles. The van der Waals surface area contributed by atoms with E-state index in [0.29, 0.717) is 18.1 Å². The Morgan fingerprint density at radius 3 is 2.04 bits per heavy atom. The van der Waals surface area contributed by atoms with Crippen LogP contribution in [-0.4, -0.2) is 13.7 Å². The Labute approximate surface area is 139 Å². The Hall–Kier alpha value is -2.20. The number of rotatable bonds is 11. The Bertz CT molecular complexity index is 556. The molecular weight excluding hydrogens is 288 g/mol. The van der Waals surface area contributed by atoms with Crippen LogP contribution >= 0.6 is 0 Å². The van der Waals surface area contributed by atoms with Crippen molar-refractivity contribution in [2.45, 2.75) is 58.3 Å². The fourth-order valence-electron chi connectivity index (χ4n) is 2.48. The van der Waals surface area contributed by atoms with Gasteiger partial charge in [0.25, 0.3) is 0 Å². The summed E-state index contributed by atoms with van der Waals surface area (Å²) in [6.07, 6.45) is 7.78. The summed E-state index contributed by atoms with van der Waals surface area (Å²) in [6, 6.07) is 7.94. The zero-order chi connectivity index (χ0) is 16.9. The van der Waals surface area contributed by atoms with Gasteiger partial charge in [-0.05, 0) is 18.6 Å². The molecule has 0 fully saturated rings. The third-order valence-electron chi connectivity index (χ3n) is 3.76. The molecule has 0 aliphatic heterocycles. The molecule has 4 heteroatoms. The van der Waals surface area contributed by atoms with Gasteiger partial charge in [-0.1, -0.05) is 39.0 Å². The highest BCUT2D eigenvalue weighted by Crippen LogP contribution is 2.30. The SMILES string of the molecule is CCCCCCCCOc1cc(CC#N)c(OC)cc1CC#N. The van der Waals surface area contributed by atoms with E-state index in [0.717, 1.165) is 24.0 Å². The molecule has 1 aromatic rings. The van der Waals surface area contributed by atoms with Crippen LogP contribution < -0.4 is 9.47 Å². The summed E-state index contributed by atoms with van der Waals surface area (Å²) >= 11 is 0. The monoisotopic (exact) mass is 314 g/mol. The van der Waals surface area contributed by atoms with Crippen molar-refractivity contribution in [3.05, 3.63) is 23.3 Å². The molecule has 0 unspecified atom stereocenters. The Balaban J connectivity index is 2.66. The molecular formula is C19H26N2O2. The van der Waals surface area contributed by atoms with Gasteiger partial charge in [0, 0.05) is 11.1 Å². The van der Waals surface area contributed by atoms with Crippen LogP contribution in [-0.2, 0) is 12.8 Å². The van der Waals surface area contributed by atoms with Crippen LogP contribution in [0.15, 0.2) is 12.1 Å². The van der Waals surface area contributed by atoms with Crippen LogP contribution in [0.1, 0.15) is 56.6 Å². The molecule has 0 heterocycles. The summed E-state index contributed by atoms with van der Waals surface area (Å²) < 4.78 is 11.2. The van der Waals surface area contributed by atoms with Gasteiger partial charge in [-0.3, -0.25) is 0 Å². The quantitative estimate of drug-likeness (QED) is 0.561. The van der Waals surface area contributed by atoms with Gasteiger partial charge in [0.1, 0.15) is 11.5 Å². The molecule has 0 aromatic heterocycles. The maximum Gasteiger partial charge on any atom is 0.124 e. The van der Waals surface area contributed by atoms with Crippen LogP contribution in [0.2, 0.25) is 0 Å². The number of nitrogens with zero attached hydrogens (tertiary/aromatic N) is 2. The van der Waals surface area contributed by atoms with E-state index in [2.05, 4.69) is 19.1 Å². The van der Waals surface area contributed by atoms with Gasteiger partial charge in [0.15, 0.2) is 0 Å². The predicted octanol–water partition coefficient (Wildman–Crippen LogP) is 4.57. The molecule has 0 saturated heterocycles. The van der Waals surface area contributed by atoms with Gasteiger partial charge in [-0.2, -0.15) is 10.5 Å². The predicted molar refractivity (Wildman–Crippen MR) is 90.5 cm³/mol. The summed E-state index contributed by atoms with van der Waals surface area (Å²) in [5.74, 6) is 1.34. The first-order chi connectivity index (χ1) is 11.3. The first-order valence-electron chi connectivity index (χ1n) is 8.33. The zero-order valence-corrected chi connectivity index (χ0v) is 14.2. The lowest BCUT2D eigenvalue weighted by Gasteiger charge is -2.14. The third-order valence-corrected chi connectivity index (χ3v) is 3.76. The van der Waals surface area contributed by atoms with E-state index in [1.165, 1.54) is 25.7 Å². The topological polar surface area (TPSA) is 66.0 Å². The standard InChI is InChI=1S/C19H26N2O2/c1-3-4-5-6-7-8-13-23-19-15-16(9-11-20)18(22-2)14-17(19)10-12-21/h14-15H,3-10,13H2,1-2H3. The molecule has 0 amide bonds. The van der Waals surface area contributed by atoms with Gasteiger partial charge in [0.2, 0.25) is 0 Å². The maximum atomic E-state index is 8.97. The first-order valence-corrected chi connectivity index (χ1v) is 8.33. The molecule has 4 nitrogen and oxygen atoms in total. The van der Waals surface area contributed by atoms with Crippen molar-refractivity contribution in [1.29, 1.82) is 10.5 Å². The summed E-state index contributed by atoms with van der Waals surface area (Å²) in [4.78, 5) is 0. The van der Waals surface area contributed by atoms with Gasteiger partial charge in [0.05, 0.1) is 38.7 Å². The van der Waals surface area contributed by atoms with E-state index in [9.17, 15) is 0 Å². The van der Waals surface area contributed by atoms with Crippen molar-refractivity contribution in [3.8, 4) is 23.6 Å². The Morgan fingerprint density at radius 1 is 0.870 bits per heavy atom. The molecule has 0 aliphatic rings. The molecule has 0 saturated carbocycles. The largest absolute Gasteiger partial charge is 0.496 e. The Morgan fingerprint density at radius 2 is 1.43 bits per heavy atom. The van der Waals surface area contributed by atoms with E-state index < -0.39 is 0 Å². The van der Waals surface area contributed by atoms with E-state index in [-0.39, 0.29) is 12.8 Å². The third kappa shape index (κ3) is 6.61. The zero-order valence-electron chi connectivity index (χ0n) is 14.2. The van der Waals surface area contributed by atoms with Crippen LogP contribution in [0.5, 0.6) is 11.5 Å². The van der Waals surface area contributed by atoms with Crippen LogP contribution in [0.3, 0.4) is 0 Å². The van der Waals surface area contributed by atoms with Gasteiger partial charge in [-0.25, -0.2) is 0 Å². The summed E-state index contributed by atoms with van der Waals surface area (Å²) in [6.45, 7) is 2.85. The second-order valence-corrected chi connectivity index (χ2v) is 5.56. The number of hydrogen-bond donors (Lipinski definition) is 0. The minimum atomic E-state index is 0.267. The molecule has 0 bridgehead atoms. The van der Waals surface area contributed by atoms with Crippen molar-refractivity contribution in [2.24, 2.45) is 0 Å². The fourth-order valence-corrected chi connectivity index (χ4v) is 2.48. The molecule has 1 aromatic carbocycles. The highest BCUT2D eigenvalue weighted by atomic mass is 16.5. The first kappa shape index (κ1) is 18.8. The van der Waals surface area contributed by atoms with Crippen LogP contribution in [0.4, 0.5) is 0 Å². The van der Waals surface area contributed by atoms with Crippen molar-refractivity contribution >= 4 is 0 Å². The van der Waals surface area contributed by atoms with Gasteiger partial charge >= 0.3 is 0 Å². The number of ether oxygens (including phenoxy) is 2. The summed E-state index contributed by atoms with van der Waals surface area (Å²) in [5, 5.41) is 17.9. The molecule has 0 atom stereocenters. The highest BCUT2D eigenvalue weighted by Gasteiger charge is 2.11. The number of methoxy groups -OCH3 is 1. The molecule has 0 N–H and O–H groups in total. The maximum absolute atomic E-state index is 8.97. The van der Waals surface area contributed by atoms with E-state index in [1.54, 1.807) is 7.11 Å². The molecule has 1 rings (SSSR count). The molecule has 0 radical (unpaired) electrons. The number of hydrogen-bond acceptors (Lipinski definition) is 4. The lowest BCUT2D eigenvalue weighted by atomic mass is 10.0. The number of unbranched alkanes of at least 4 members (excludes halogenated alkanes) is 5. The second-order valence-electron chi connectivity index (χ2n) is 5.56. The van der Waals surface area contributed by atoms with Gasteiger partial charge in [-0.15, -0.1) is 0 Å². The van der Waals surface area contributed by atoms with Gasteiger partial charge < -0.3 is 9.47 Å². The second kappa shape index (κ2) is 11.4. The minimum absolute atomic E-state index is 0.267. The molecule has 124 valence electrons. The lowest BCUT2D eigenvalue weighted by Crippen LogP contribution is -2.03. The van der Waals surface area contributed by atoms with E-state index in [4.69, 9.17) is 20.0 Å². The minimum Gasteiger partial charge on any atom is -0.496 e. The summed E-state index contributed by atoms with van der Waals surface area (Å²) in [5.41, 5.74) is 1.62. The number of nitriles is 2. The van der Waals surface area contributed by atoms with E-state index in [1.807, 2.05) is 12.1 Å². The van der Waals surface area contributed by atoms with Crippen molar-refractivity contribution in [2.75, 3.05) is 13.7 Å². The van der Waals surface area contributed by atoms with Crippen LogP contribution in [0, 0.1) is 22.7 Å². The average molecular weight is 314 g/mol. The summed E-state index contributed by atoms with van der Waals surface area (Å²) in [7, 11) is 1.57. The fraction of sp³-hybridized carbons (Fsp3) is 0.579. The highest BCUT2D eigenvalue weighted by molar-refractivity contribution is 5.48. The van der Waals surface area contributed by atoms with Crippen molar-refractivity contribution in [3.63, 3.8) is 0 Å². The average Bonchev–Trinajstić information content (AvgIpc) is 2.56. The van der Waals surface area contributed by atoms with E-state index >= 15 is 0 Å². The van der Waals surface area contributed by atoms with Crippen molar-refractivity contribution < 1.29 is 9.47 Å². The normalized spacial score (nSPS) is 9.91. The molecule has 0 spiro atoms. The number of benzene rings is 1.